The number of halogens is 3. The van der Waals surface area contributed by atoms with Gasteiger partial charge in [0.2, 0.25) is 11.8 Å². The maximum Gasteiger partial charge on any atom is 0.433 e. The van der Waals surface area contributed by atoms with Gasteiger partial charge in [0.1, 0.15) is 5.69 Å². The molecule has 0 aliphatic carbocycles. The summed E-state index contributed by atoms with van der Waals surface area (Å²) in [7, 11) is 1.73. The van der Waals surface area contributed by atoms with Crippen LogP contribution in [0.3, 0.4) is 0 Å². The standard InChI is InChI=1S/C26H16F3N7/c1-35-22-13-32-21-6-3-16(15-2-5-20-17(10-15)8-9-31-20)11-19(21)24(22)36(25(35)34-14-30)18-4-7-23(33-12-18)26(27,28)29/h2-13,31H,1H3. The van der Waals surface area contributed by atoms with Crippen LogP contribution in [0.15, 0.2) is 78.2 Å². The van der Waals surface area contributed by atoms with Gasteiger partial charge in [-0.15, -0.1) is 4.99 Å². The van der Waals surface area contributed by atoms with Crippen LogP contribution in [0.2, 0.25) is 0 Å². The number of hydrogen-bond donors (Lipinski definition) is 1. The van der Waals surface area contributed by atoms with E-state index in [1.54, 1.807) is 28.6 Å². The molecule has 0 radical (unpaired) electrons. The molecule has 0 saturated carbocycles. The van der Waals surface area contributed by atoms with Crippen LogP contribution in [0.4, 0.5) is 13.2 Å². The third-order valence-electron chi connectivity index (χ3n) is 6.24. The molecule has 4 aromatic heterocycles. The topological polar surface area (TPSA) is 87.6 Å². The van der Waals surface area contributed by atoms with E-state index >= 15 is 0 Å². The summed E-state index contributed by atoms with van der Waals surface area (Å²) in [6.07, 6.45) is 1.91. The second kappa shape index (κ2) is 7.81. The van der Waals surface area contributed by atoms with Gasteiger partial charge >= 0.3 is 6.18 Å². The number of aromatic amines is 1. The largest absolute Gasteiger partial charge is 0.433 e. The first-order valence-corrected chi connectivity index (χ1v) is 10.9. The minimum Gasteiger partial charge on any atom is -0.361 e. The van der Waals surface area contributed by atoms with Crippen molar-refractivity contribution >= 4 is 32.8 Å². The highest BCUT2D eigenvalue weighted by atomic mass is 19.4. The summed E-state index contributed by atoms with van der Waals surface area (Å²) in [5.41, 5.74) is 4.56. The lowest BCUT2D eigenvalue weighted by atomic mass is 10.0. The van der Waals surface area contributed by atoms with Crippen LogP contribution < -0.4 is 5.62 Å². The number of nitrogens with zero attached hydrogens (tertiary/aromatic N) is 6. The Morgan fingerprint density at radius 3 is 2.53 bits per heavy atom. The first-order valence-electron chi connectivity index (χ1n) is 10.9. The third kappa shape index (κ3) is 3.32. The highest BCUT2D eigenvalue weighted by Crippen LogP contribution is 2.32. The molecule has 7 nitrogen and oxygen atoms in total. The van der Waals surface area contributed by atoms with Gasteiger partial charge in [-0.25, -0.2) is 4.98 Å². The Balaban J connectivity index is 1.66. The van der Waals surface area contributed by atoms with Crippen LogP contribution in [-0.4, -0.2) is 24.1 Å². The fourth-order valence-electron chi connectivity index (χ4n) is 4.52. The van der Waals surface area contributed by atoms with Gasteiger partial charge in [0.15, 0.2) is 0 Å². The molecule has 176 valence electrons. The van der Waals surface area contributed by atoms with E-state index in [2.05, 4.69) is 26.0 Å². The molecule has 6 rings (SSSR count). The van der Waals surface area contributed by atoms with E-state index in [9.17, 15) is 18.4 Å². The molecule has 0 fully saturated rings. The highest BCUT2D eigenvalue weighted by molar-refractivity contribution is 6.05. The number of aryl methyl sites for hydroxylation is 1. The number of imidazole rings is 1. The average molecular weight is 483 g/mol. The summed E-state index contributed by atoms with van der Waals surface area (Å²) in [4.78, 5) is 15.3. The van der Waals surface area contributed by atoms with Gasteiger partial charge in [-0.3, -0.25) is 9.55 Å². The van der Waals surface area contributed by atoms with Crippen molar-refractivity contribution < 1.29 is 13.2 Å². The van der Waals surface area contributed by atoms with Crippen molar-refractivity contribution in [3.05, 3.63) is 84.5 Å². The molecule has 4 heterocycles. The molecule has 0 aliphatic rings. The van der Waals surface area contributed by atoms with Crippen molar-refractivity contribution in [2.45, 2.75) is 6.18 Å². The Bertz CT molecular complexity index is 1900. The Hall–Kier alpha value is -4.91. The van der Waals surface area contributed by atoms with E-state index in [1.165, 1.54) is 6.07 Å². The summed E-state index contributed by atoms with van der Waals surface area (Å²) in [6, 6.07) is 16.2. The molecule has 0 saturated heterocycles. The SMILES string of the molecule is Cn1c(=NC#N)n(-c2ccc(C(F)(F)F)nc2)c2c3cc(-c4ccc5[nH]ccc5c4)ccc3ncc21. The molecule has 36 heavy (non-hydrogen) atoms. The lowest BCUT2D eigenvalue weighted by Gasteiger charge is -2.10. The first-order chi connectivity index (χ1) is 17.3. The maximum atomic E-state index is 13.1. The van der Waals surface area contributed by atoms with Crippen molar-refractivity contribution in [2.24, 2.45) is 12.0 Å². The average Bonchev–Trinajstić information content (AvgIpc) is 3.46. The number of fused-ring (bicyclic) bond motifs is 4. The fourth-order valence-corrected chi connectivity index (χ4v) is 4.52. The van der Waals surface area contributed by atoms with E-state index in [-0.39, 0.29) is 5.62 Å². The fraction of sp³-hybridized carbons (Fsp3) is 0.0769. The second-order valence-corrected chi connectivity index (χ2v) is 8.31. The quantitative estimate of drug-likeness (QED) is 0.332. The molecule has 0 amide bonds. The summed E-state index contributed by atoms with van der Waals surface area (Å²) in [5.74, 6) is 0. The Labute approximate surface area is 201 Å². The van der Waals surface area contributed by atoms with E-state index < -0.39 is 11.9 Å². The number of rotatable bonds is 2. The van der Waals surface area contributed by atoms with E-state index in [4.69, 9.17) is 0 Å². The molecule has 0 spiro atoms. The number of aromatic nitrogens is 5. The normalized spacial score (nSPS) is 12.6. The van der Waals surface area contributed by atoms with Gasteiger partial charge in [0.05, 0.1) is 34.6 Å². The van der Waals surface area contributed by atoms with Gasteiger partial charge in [-0.2, -0.15) is 18.4 Å². The van der Waals surface area contributed by atoms with Gasteiger partial charge in [-0.05, 0) is 59.0 Å². The van der Waals surface area contributed by atoms with Crippen molar-refractivity contribution in [2.75, 3.05) is 0 Å². The Morgan fingerprint density at radius 2 is 1.78 bits per heavy atom. The van der Waals surface area contributed by atoms with E-state index in [1.807, 2.05) is 42.6 Å². The zero-order valence-corrected chi connectivity index (χ0v) is 18.7. The molecule has 0 aliphatic heterocycles. The van der Waals surface area contributed by atoms with E-state index in [0.717, 1.165) is 39.7 Å². The number of hydrogen-bond acceptors (Lipinski definition) is 4. The first kappa shape index (κ1) is 21.6. The van der Waals surface area contributed by atoms with E-state index in [0.29, 0.717) is 22.2 Å². The van der Waals surface area contributed by atoms with Crippen LogP contribution in [0.5, 0.6) is 0 Å². The Morgan fingerprint density at radius 1 is 0.972 bits per heavy atom. The number of pyridine rings is 2. The van der Waals surface area contributed by atoms with Crippen molar-refractivity contribution in [1.29, 1.82) is 5.26 Å². The monoisotopic (exact) mass is 483 g/mol. The molecule has 1 N–H and O–H groups in total. The van der Waals surface area contributed by atoms with Crippen LogP contribution in [0, 0.1) is 11.5 Å². The summed E-state index contributed by atoms with van der Waals surface area (Å²) in [5, 5.41) is 11.2. The molecule has 0 unspecified atom stereocenters. The molecule has 6 aromatic rings. The van der Waals surface area contributed by atoms with Crippen LogP contribution in [-0.2, 0) is 13.2 Å². The number of alkyl halides is 3. The van der Waals surface area contributed by atoms with Gasteiger partial charge in [-0.1, -0.05) is 12.1 Å². The lowest BCUT2D eigenvalue weighted by Crippen LogP contribution is -2.23. The molecular weight excluding hydrogens is 467 g/mol. The van der Waals surface area contributed by atoms with Gasteiger partial charge in [0, 0.05) is 24.1 Å². The van der Waals surface area contributed by atoms with Crippen LogP contribution >= 0.6 is 0 Å². The molecule has 0 bridgehead atoms. The minimum absolute atomic E-state index is 0.238. The lowest BCUT2D eigenvalue weighted by molar-refractivity contribution is -0.141. The van der Waals surface area contributed by atoms with Crippen molar-refractivity contribution in [3.8, 4) is 23.0 Å². The maximum absolute atomic E-state index is 13.1. The number of benzene rings is 2. The highest BCUT2D eigenvalue weighted by Gasteiger charge is 2.32. The molecule has 10 heteroatoms. The third-order valence-corrected chi connectivity index (χ3v) is 6.24. The Kier molecular flexibility index (Phi) is 4.69. The summed E-state index contributed by atoms with van der Waals surface area (Å²) < 4.78 is 42.7. The molecule has 2 aromatic carbocycles. The van der Waals surface area contributed by atoms with Crippen LogP contribution in [0.25, 0.3) is 49.7 Å². The zero-order valence-electron chi connectivity index (χ0n) is 18.7. The summed E-state index contributed by atoms with van der Waals surface area (Å²) in [6.45, 7) is 0. The second-order valence-electron chi connectivity index (χ2n) is 8.31. The molecule has 0 atom stereocenters. The number of H-pyrrole nitrogens is 1. The number of nitrogens with one attached hydrogen (secondary N) is 1. The van der Waals surface area contributed by atoms with Crippen molar-refractivity contribution in [3.63, 3.8) is 0 Å². The minimum atomic E-state index is -4.56. The predicted molar refractivity (Wildman–Crippen MR) is 129 cm³/mol. The van der Waals surface area contributed by atoms with Crippen molar-refractivity contribution in [1.82, 2.24) is 24.1 Å². The van der Waals surface area contributed by atoms with Crippen LogP contribution in [0.1, 0.15) is 5.69 Å². The van der Waals surface area contributed by atoms with Gasteiger partial charge in [0.25, 0.3) is 0 Å². The smallest absolute Gasteiger partial charge is 0.361 e. The molecular formula is C26H16F3N7. The predicted octanol–water partition coefficient (Wildman–Crippen LogP) is 5.46. The zero-order chi connectivity index (χ0) is 25.0. The number of nitriles is 1. The van der Waals surface area contributed by atoms with Gasteiger partial charge < -0.3 is 9.55 Å². The summed E-state index contributed by atoms with van der Waals surface area (Å²) >= 11 is 0.